The number of hydrogen-bond acceptors (Lipinski definition) is 5. The zero-order valence-corrected chi connectivity index (χ0v) is 27.1. The maximum absolute atomic E-state index is 13.2. The lowest BCUT2D eigenvalue weighted by Gasteiger charge is -2.17. The molecule has 4 aromatic carbocycles. The van der Waals surface area contributed by atoms with Crippen LogP contribution in [-0.2, 0) is 27.8 Å². The van der Waals surface area contributed by atoms with Crippen LogP contribution in [0.4, 0.5) is 0 Å². The Labute approximate surface area is 263 Å². The third-order valence-corrected chi connectivity index (χ3v) is 8.92. The molecular formula is C29H24Br2IN3O4S. The van der Waals surface area contributed by atoms with Crippen molar-refractivity contribution in [1.29, 1.82) is 0 Å². The minimum absolute atomic E-state index is 0.0708. The largest absolute Gasteiger partial charge is 0.487 e. The molecule has 0 radical (unpaired) electrons. The molecule has 0 saturated heterocycles. The number of halogens is 3. The Morgan fingerprint density at radius 3 is 2.20 bits per heavy atom. The highest BCUT2D eigenvalue weighted by molar-refractivity contribution is 14.1. The first kappa shape index (κ1) is 30.4. The molecule has 0 unspecified atom stereocenters. The molecule has 4 rings (SSSR count). The van der Waals surface area contributed by atoms with Crippen LogP contribution in [0.15, 0.2) is 116 Å². The molecule has 2 N–H and O–H groups in total. The molecule has 0 aliphatic heterocycles. The van der Waals surface area contributed by atoms with E-state index in [2.05, 4.69) is 69.7 Å². The first-order valence-corrected chi connectivity index (χ1v) is 16.2. The van der Waals surface area contributed by atoms with Crippen LogP contribution in [0.2, 0.25) is 0 Å². The Morgan fingerprint density at radius 2 is 1.55 bits per heavy atom. The van der Waals surface area contributed by atoms with Crippen molar-refractivity contribution in [3.8, 4) is 5.75 Å². The van der Waals surface area contributed by atoms with Crippen LogP contribution in [-0.4, -0.2) is 26.6 Å². The average molecular weight is 797 g/mol. The van der Waals surface area contributed by atoms with E-state index in [1.165, 1.54) is 18.3 Å². The topological polar surface area (TPSA) is 96.9 Å². The van der Waals surface area contributed by atoms with Gasteiger partial charge in [-0.05, 0) is 92.5 Å². The summed E-state index contributed by atoms with van der Waals surface area (Å²) in [6.07, 6.45) is 1.60. The predicted molar refractivity (Wildman–Crippen MR) is 172 cm³/mol. The Balaban J connectivity index is 1.53. The van der Waals surface area contributed by atoms with Crippen molar-refractivity contribution >= 4 is 76.6 Å². The molecule has 0 spiro atoms. The molecule has 0 aliphatic rings. The number of nitrogens with one attached hydrogen (secondary N) is 2. The number of amides is 1. The zero-order valence-electron chi connectivity index (χ0n) is 20.9. The Hall–Kier alpha value is -2.58. The van der Waals surface area contributed by atoms with Crippen molar-refractivity contribution in [3.63, 3.8) is 0 Å². The highest BCUT2D eigenvalue weighted by Gasteiger charge is 2.26. The molecule has 0 heterocycles. The third kappa shape index (κ3) is 8.71. The summed E-state index contributed by atoms with van der Waals surface area (Å²) < 4.78 is 37.2. The molecule has 0 fully saturated rings. The van der Waals surface area contributed by atoms with Gasteiger partial charge in [0.1, 0.15) is 18.4 Å². The van der Waals surface area contributed by atoms with Gasteiger partial charge < -0.3 is 4.74 Å². The summed E-state index contributed by atoms with van der Waals surface area (Å²) in [6, 6.07) is 27.9. The van der Waals surface area contributed by atoms with Gasteiger partial charge in [-0.15, -0.1) is 0 Å². The number of carbonyl (C=O) groups is 1. The molecule has 0 aromatic heterocycles. The Kier molecular flexibility index (Phi) is 10.9. The van der Waals surface area contributed by atoms with E-state index in [0.29, 0.717) is 22.4 Å². The smallest absolute Gasteiger partial charge is 0.258 e. The number of carbonyl (C=O) groups excluding carboxylic acids is 1. The van der Waals surface area contributed by atoms with Crippen molar-refractivity contribution in [2.45, 2.75) is 24.0 Å². The molecule has 40 heavy (non-hydrogen) atoms. The minimum Gasteiger partial charge on any atom is -0.487 e. The van der Waals surface area contributed by atoms with E-state index in [4.69, 9.17) is 4.74 Å². The second-order valence-electron chi connectivity index (χ2n) is 8.63. The highest BCUT2D eigenvalue weighted by atomic mass is 127. The maximum atomic E-state index is 13.2. The van der Waals surface area contributed by atoms with Gasteiger partial charge in [0.25, 0.3) is 5.91 Å². The van der Waals surface area contributed by atoms with Crippen molar-refractivity contribution in [3.05, 3.63) is 126 Å². The molecule has 1 atom stereocenters. The fourth-order valence-electron chi connectivity index (χ4n) is 3.71. The number of nitrogens with zero attached hydrogens (tertiary/aromatic N) is 1. The molecule has 206 valence electrons. The summed E-state index contributed by atoms with van der Waals surface area (Å²) in [7, 11) is -3.97. The number of hydrazone groups is 1. The van der Waals surface area contributed by atoms with E-state index >= 15 is 0 Å². The maximum Gasteiger partial charge on any atom is 0.258 e. The fourth-order valence-corrected chi connectivity index (χ4v) is 6.64. The van der Waals surface area contributed by atoms with E-state index < -0.39 is 22.0 Å². The van der Waals surface area contributed by atoms with Gasteiger partial charge in [0.2, 0.25) is 10.0 Å². The zero-order chi connectivity index (χ0) is 28.5. The van der Waals surface area contributed by atoms with Gasteiger partial charge in [0, 0.05) is 13.6 Å². The lowest BCUT2D eigenvalue weighted by molar-refractivity contribution is -0.122. The molecule has 7 nitrogen and oxygen atoms in total. The van der Waals surface area contributed by atoms with Crippen LogP contribution in [0, 0.1) is 3.57 Å². The summed E-state index contributed by atoms with van der Waals surface area (Å²) in [6.45, 7) is 0.341. The molecule has 4 aromatic rings. The number of ether oxygens (including phenoxy) is 1. The lowest BCUT2D eigenvalue weighted by atomic mass is 10.1. The summed E-state index contributed by atoms with van der Waals surface area (Å²) >= 11 is 9.10. The van der Waals surface area contributed by atoms with Crippen molar-refractivity contribution < 1.29 is 17.9 Å². The second kappa shape index (κ2) is 14.4. The summed E-state index contributed by atoms with van der Waals surface area (Å²) in [5.74, 6) is -0.0553. The number of benzene rings is 4. The fraction of sp³-hybridized carbons (Fsp3) is 0.103. The van der Waals surface area contributed by atoms with E-state index in [1.807, 2.05) is 72.8 Å². The summed E-state index contributed by atoms with van der Waals surface area (Å²) in [4.78, 5) is 13.3. The minimum atomic E-state index is -3.97. The van der Waals surface area contributed by atoms with Crippen molar-refractivity contribution in [2.24, 2.45) is 5.10 Å². The average Bonchev–Trinajstić information content (AvgIpc) is 2.93. The van der Waals surface area contributed by atoms with Crippen LogP contribution >= 0.6 is 54.5 Å². The molecule has 0 bridgehead atoms. The van der Waals surface area contributed by atoms with Gasteiger partial charge in [-0.1, -0.05) is 76.6 Å². The quantitative estimate of drug-likeness (QED) is 0.104. The van der Waals surface area contributed by atoms with E-state index in [1.54, 1.807) is 12.1 Å². The van der Waals surface area contributed by atoms with E-state index in [9.17, 15) is 13.2 Å². The molecule has 1 amide bonds. The van der Waals surface area contributed by atoms with Crippen molar-refractivity contribution in [2.75, 3.05) is 0 Å². The SMILES string of the molecule is O=C(N/N=C\c1cc(Br)cc(Br)c1OCc1ccccc1)[C@H](Cc1ccccc1)NS(=O)(=O)c1ccc(I)cc1. The van der Waals surface area contributed by atoms with Gasteiger partial charge in [0.15, 0.2) is 0 Å². The van der Waals surface area contributed by atoms with Crippen LogP contribution in [0.25, 0.3) is 0 Å². The number of hydrogen-bond donors (Lipinski definition) is 2. The number of rotatable bonds is 11. The van der Waals surface area contributed by atoms with Crippen LogP contribution < -0.4 is 14.9 Å². The monoisotopic (exact) mass is 795 g/mol. The second-order valence-corrected chi connectivity index (χ2v) is 13.4. The number of sulfonamides is 1. The molecular weight excluding hydrogens is 773 g/mol. The van der Waals surface area contributed by atoms with Gasteiger partial charge in [-0.3, -0.25) is 4.79 Å². The standard InChI is InChI=1S/C29H24Br2IN3O4S/c30-23-16-22(28(26(31)17-23)39-19-21-9-5-2-6-10-21)18-33-34-29(36)27(15-20-7-3-1-4-8-20)35-40(37,38)25-13-11-24(32)12-14-25/h1-14,16-18,27,35H,15,19H2,(H,34,36)/b33-18-/t27-/m0/s1. The lowest BCUT2D eigenvalue weighted by Crippen LogP contribution is -2.46. The van der Waals surface area contributed by atoms with E-state index in [-0.39, 0.29) is 11.3 Å². The molecule has 11 heteroatoms. The van der Waals surface area contributed by atoms with E-state index in [0.717, 1.165) is 19.2 Å². The Bertz CT molecular complexity index is 1590. The van der Waals surface area contributed by atoms with Gasteiger partial charge in [0.05, 0.1) is 15.6 Å². The van der Waals surface area contributed by atoms with Crippen molar-refractivity contribution in [1.82, 2.24) is 10.1 Å². The normalized spacial score (nSPS) is 12.3. The van der Waals surface area contributed by atoms with Gasteiger partial charge >= 0.3 is 0 Å². The third-order valence-electron chi connectivity index (χ3n) is 5.66. The predicted octanol–water partition coefficient (Wildman–Crippen LogP) is 6.44. The van der Waals surface area contributed by atoms with Gasteiger partial charge in [-0.25, -0.2) is 13.8 Å². The first-order chi connectivity index (χ1) is 19.2. The van der Waals surface area contributed by atoms with Crippen LogP contribution in [0.1, 0.15) is 16.7 Å². The highest BCUT2D eigenvalue weighted by Crippen LogP contribution is 2.32. The van der Waals surface area contributed by atoms with Crippen LogP contribution in [0.5, 0.6) is 5.75 Å². The molecule has 0 aliphatic carbocycles. The summed E-state index contributed by atoms with van der Waals surface area (Å²) in [5, 5.41) is 4.13. The summed E-state index contributed by atoms with van der Waals surface area (Å²) in [5.41, 5.74) is 4.89. The van der Waals surface area contributed by atoms with Gasteiger partial charge in [-0.2, -0.15) is 9.82 Å². The van der Waals surface area contributed by atoms with Crippen LogP contribution in [0.3, 0.4) is 0 Å². The Morgan fingerprint density at radius 1 is 0.925 bits per heavy atom. The molecule has 0 saturated carbocycles. The first-order valence-electron chi connectivity index (χ1n) is 12.0.